The summed E-state index contributed by atoms with van der Waals surface area (Å²) in [6, 6.07) is 6.28. The van der Waals surface area contributed by atoms with Crippen LogP contribution in [0.3, 0.4) is 0 Å². The molecular weight excluding hydrogens is 376 g/mol. The van der Waals surface area contributed by atoms with Crippen molar-refractivity contribution in [2.45, 2.75) is 32.7 Å². The number of fused-ring (bicyclic) bond motifs is 1. The Morgan fingerprint density at radius 1 is 0.933 bits per heavy atom. The summed E-state index contributed by atoms with van der Waals surface area (Å²) in [6.07, 6.45) is 10.7. The highest BCUT2D eigenvalue weighted by atomic mass is 16.1. The van der Waals surface area contributed by atoms with E-state index in [-0.39, 0.29) is 30.3 Å². The smallest absolute Gasteiger partial charge is 0.168 e. The van der Waals surface area contributed by atoms with Crippen molar-refractivity contribution in [3.63, 3.8) is 0 Å². The molecule has 0 aromatic carbocycles. The summed E-state index contributed by atoms with van der Waals surface area (Å²) < 4.78 is 0. The van der Waals surface area contributed by atoms with Gasteiger partial charge in [-0.25, -0.2) is 0 Å². The van der Waals surface area contributed by atoms with Crippen molar-refractivity contribution in [3.05, 3.63) is 83.6 Å². The first-order valence-corrected chi connectivity index (χ1v) is 9.93. The molecule has 1 aliphatic heterocycles. The van der Waals surface area contributed by atoms with Gasteiger partial charge in [0.1, 0.15) is 0 Å². The van der Waals surface area contributed by atoms with Crippen LogP contribution in [-0.2, 0) is 0 Å². The second-order valence-corrected chi connectivity index (χ2v) is 7.56. The van der Waals surface area contributed by atoms with Gasteiger partial charge in [0.25, 0.3) is 0 Å². The SMILES string of the molecule is CC1=CC2=NC(CC(=O)c3ccncc3)C(CC(=O)c3ccncc3)=NC2=CC1C. The molecule has 0 radical (unpaired) electrons. The zero-order valence-electron chi connectivity index (χ0n) is 16.9. The number of hydrogen-bond acceptors (Lipinski definition) is 6. The third-order valence-corrected chi connectivity index (χ3v) is 5.42. The number of aromatic nitrogens is 2. The van der Waals surface area contributed by atoms with E-state index in [0.29, 0.717) is 16.8 Å². The molecule has 2 atom stereocenters. The summed E-state index contributed by atoms with van der Waals surface area (Å²) >= 11 is 0. The van der Waals surface area contributed by atoms with Crippen molar-refractivity contribution >= 4 is 23.0 Å². The Balaban J connectivity index is 1.64. The van der Waals surface area contributed by atoms with Crippen molar-refractivity contribution in [2.75, 3.05) is 0 Å². The Bertz CT molecular complexity index is 1100. The average Bonchev–Trinajstić information content (AvgIpc) is 2.76. The molecule has 30 heavy (non-hydrogen) atoms. The highest BCUT2D eigenvalue weighted by molar-refractivity contribution is 6.19. The van der Waals surface area contributed by atoms with E-state index in [9.17, 15) is 9.59 Å². The third-order valence-electron chi connectivity index (χ3n) is 5.42. The average molecular weight is 398 g/mol. The zero-order chi connectivity index (χ0) is 21.1. The Morgan fingerprint density at radius 3 is 2.17 bits per heavy atom. The normalized spacial score (nSPS) is 20.3. The van der Waals surface area contributed by atoms with Gasteiger partial charge in [-0.05, 0) is 49.3 Å². The first-order chi connectivity index (χ1) is 14.5. The van der Waals surface area contributed by atoms with Crippen LogP contribution in [0.25, 0.3) is 0 Å². The van der Waals surface area contributed by atoms with Gasteiger partial charge in [0.2, 0.25) is 0 Å². The van der Waals surface area contributed by atoms with Gasteiger partial charge in [-0.15, -0.1) is 0 Å². The number of hydrogen-bond donors (Lipinski definition) is 0. The van der Waals surface area contributed by atoms with Crippen LogP contribution in [0.1, 0.15) is 47.4 Å². The predicted molar refractivity (Wildman–Crippen MR) is 116 cm³/mol. The third kappa shape index (κ3) is 4.22. The van der Waals surface area contributed by atoms with Crippen molar-refractivity contribution in [2.24, 2.45) is 15.9 Å². The van der Waals surface area contributed by atoms with Gasteiger partial charge in [-0.1, -0.05) is 12.5 Å². The molecule has 0 fully saturated rings. The van der Waals surface area contributed by atoms with E-state index in [0.717, 1.165) is 11.4 Å². The largest absolute Gasteiger partial charge is 0.294 e. The number of rotatable bonds is 6. The fraction of sp³-hybridized carbons (Fsp3) is 0.250. The minimum atomic E-state index is -0.471. The lowest BCUT2D eigenvalue weighted by Gasteiger charge is -2.25. The molecule has 2 aliphatic rings. The maximum Gasteiger partial charge on any atom is 0.168 e. The molecule has 6 nitrogen and oxygen atoms in total. The lowest BCUT2D eigenvalue weighted by atomic mass is 9.90. The summed E-state index contributed by atoms with van der Waals surface area (Å²) in [5, 5.41) is 0. The van der Waals surface area contributed by atoms with Crippen molar-refractivity contribution in [3.8, 4) is 0 Å². The molecule has 0 amide bonds. The highest BCUT2D eigenvalue weighted by Crippen LogP contribution is 2.27. The number of aliphatic imine (C=N–C) groups is 2. The Morgan fingerprint density at radius 2 is 1.53 bits per heavy atom. The fourth-order valence-electron chi connectivity index (χ4n) is 3.50. The van der Waals surface area contributed by atoms with Crippen molar-refractivity contribution < 1.29 is 9.59 Å². The summed E-state index contributed by atoms with van der Waals surface area (Å²) in [6.45, 7) is 4.16. The summed E-state index contributed by atoms with van der Waals surface area (Å²) in [5.41, 5.74) is 4.52. The summed E-state index contributed by atoms with van der Waals surface area (Å²) in [4.78, 5) is 43.2. The fourth-order valence-corrected chi connectivity index (χ4v) is 3.50. The van der Waals surface area contributed by atoms with Crippen LogP contribution in [-0.4, -0.2) is 39.0 Å². The molecule has 0 saturated heterocycles. The monoisotopic (exact) mass is 398 g/mol. The van der Waals surface area contributed by atoms with E-state index in [1.54, 1.807) is 49.1 Å². The van der Waals surface area contributed by atoms with E-state index >= 15 is 0 Å². The molecule has 6 heteroatoms. The Labute approximate surface area is 175 Å². The molecule has 150 valence electrons. The van der Waals surface area contributed by atoms with Gasteiger partial charge >= 0.3 is 0 Å². The molecule has 2 aromatic heterocycles. The molecule has 2 unspecified atom stereocenters. The molecule has 0 bridgehead atoms. The zero-order valence-corrected chi connectivity index (χ0v) is 16.9. The molecule has 0 saturated carbocycles. The van der Waals surface area contributed by atoms with Crippen LogP contribution in [0.15, 0.2) is 82.5 Å². The second kappa shape index (κ2) is 8.45. The first-order valence-electron chi connectivity index (χ1n) is 9.93. The van der Waals surface area contributed by atoms with Crippen LogP contribution < -0.4 is 0 Å². The number of nitrogens with zero attached hydrogens (tertiary/aromatic N) is 4. The molecule has 2 aromatic rings. The Hall–Kier alpha value is -3.54. The van der Waals surface area contributed by atoms with E-state index in [2.05, 4.69) is 29.9 Å². The van der Waals surface area contributed by atoms with E-state index in [1.807, 2.05) is 6.08 Å². The van der Waals surface area contributed by atoms with Crippen LogP contribution in [0.5, 0.6) is 0 Å². The minimum Gasteiger partial charge on any atom is -0.294 e. The van der Waals surface area contributed by atoms with Crippen LogP contribution in [0, 0.1) is 5.92 Å². The number of carbonyl (C=O) groups is 2. The van der Waals surface area contributed by atoms with Crippen LogP contribution >= 0.6 is 0 Å². The van der Waals surface area contributed by atoms with Gasteiger partial charge in [-0.2, -0.15) is 0 Å². The van der Waals surface area contributed by atoms with Crippen LogP contribution in [0.4, 0.5) is 0 Å². The number of pyridine rings is 2. The van der Waals surface area contributed by atoms with Gasteiger partial charge in [-0.3, -0.25) is 29.5 Å². The lowest BCUT2D eigenvalue weighted by molar-refractivity contribution is 0.0971. The minimum absolute atomic E-state index is 0.0480. The van der Waals surface area contributed by atoms with Crippen molar-refractivity contribution in [1.29, 1.82) is 0 Å². The van der Waals surface area contributed by atoms with Gasteiger partial charge in [0.15, 0.2) is 11.6 Å². The second-order valence-electron chi connectivity index (χ2n) is 7.56. The topological polar surface area (TPSA) is 84.6 Å². The molecule has 3 heterocycles. The Kier molecular flexibility index (Phi) is 5.57. The quantitative estimate of drug-likeness (QED) is 0.687. The van der Waals surface area contributed by atoms with Crippen molar-refractivity contribution in [1.82, 2.24) is 9.97 Å². The molecule has 4 rings (SSSR count). The number of Topliss-reactive ketones (excluding diaryl/α,β-unsaturated/α-hetero) is 2. The maximum absolute atomic E-state index is 12.8. The van der Waals surface area contributed by atoms with Gasteiger partial charge < -0.3 is 0 Å². The standard InChI is InChI=1S/C24H22N4O2/c1-15-11-19-20(12-16(15)2)28-22(14-24(30)18-5-9-26-10-6-18)21(27-19)13-23(29)17-3-7-25-8-4-17/h3-12,15,22H,13-14H2,1-2H3. The highest BCUT2D eigenvalue weighted by Gasteiger charge is 2.29. The van der Waals surface area contributed by atoms with E-state index < -0.39 is 6.04 Å². The number of carbonyl (C=O) groups excluding carboxylic acids is 2. The van der Waals surface area contributed by atoms with E-state index in [4.69, 9.17) is 9.98 Å². The molecular formula is C24H22N4O2. The molecule has 1 aliphatic carbocycles. The maximum atomic E-state index is 12.8. The molecule has 0 spiro atoms. The first kappa shape index (κ1) is 19.8. The lowest BCUT2D eigenvalue weighted by Crippen LogP contribution is -2.31. The predicted octanol–water partition coefficient (Wildman–Crippen LogP) is 4.07. The number of ketones is 2. The number of allylic oxidation sites excluding steroid dienone is 3. The summed E-state index contributed by atoms with van der Waals surface area (Å²) in [7, 11) is 0. The van der Waals surface area contributed by atoms with Crippen LogP contribution in [0.2, 0.25) is 0 Å². The van der Waals surface area contributed by atoms with Gasteiger partial charge in [0, 0.05) is 42.3 Å². The van der Waals surface area contributed by atoms with E-state index in [1.165, 1.54) is 5.57 Å². The van der Waals surface area contributed by atoms with Gasteiger partial charge in [0.05, 0.1) is 29.6 Å². The summed E-state index contributed by atoms with van der Waals surface area (Å²) in [5.74, 6) is 0.148. The molecule has 0 N–H and O–H groups in total.